The molecule has 1 saturated heterocycles. The van der Waals surface area contributed by atoms with Gasteiger partial charge in [-0.15, -0.1) is 0 Å². The lowest BCUT2D eigenvalue weighted by Crippen LogP contribution is -2.45. The normalized spacial score (nSPS) is 24.9. The Morgan fingerprint density at radius 2 is 2.21 bits per heavy atom. The van der Waals surface area contributed by atoms with Crippen LogP contribution in [0.25, 0.3) is 0 Å². The van der Waals surface area contributed by atoms with Gasteiger partial charge in [-0.3, -0.25) is 9.69 Å². The van der Waals surface area contributed by atoms with Gasteiger partial charge in [0.1, 0.15) is 0 Å². The highest BCUT2D eigenvalue weighted by atomic mass is 16.4. The predicted molar refractivity (Wildman–Crippen MR) is 53.1 cm³/mol. The first-order valence-electron chi connectivity index (χ1n) is 5.05. The van der Waals surface area contributed by atoms with Gasteiger partial charge in [0.25, 0.3) is 0 Å². The van der Waals surface area contributed by atoms with E-state index in [0.29, 0.717) is 13.1 Å². The largest absolute Gasteiger partial charge is 0.481 e. The molecule has 0 saturated carbocycles. The van der Waals surface area contributed by atoms with Crippen LogP contribution < -0.4 is 0 Å². The number of carbonyl (C=O) groups is 1. The molecular weight excluding hydrogens is 182 g/mol. The summed E-state index contributed by atoms with van der Waals surface area (Å²) < 4.78 is 0. The van der Waals surface area contributed by atoms with Gasteiger partial charge < -0.3 is 10.2 Å². The van der Waals surface area contributed by atoms with E-state index < -0.39 is 11.4 Å². The number of rotatable bonds is 3. The Hall–Kier alpha value is -0.610. The molecule has 1 heterocycles. The van der Waals surface area contributed by atoms with E-state index in [1.807, 2.05) is 4.90 Å². The molecular formula is C10H19NO3. The Labute approximate surface area is 84.5 Å². The van der Waals surface area contributed by atoms with Gasteiger partial charge in [-0.05, 0) is 33.2 Å². The van der Waals surface area contributed by atoms with Crippen LogP contribution in [0.15, 0.2) is 0 Å². The summed E-state index contributed by atoms with van der Waals surface area (Å²) in [6, 6.07) is 0. The van der Waals surface area contributed by atoms with Crippen LogP contribution in [0.4, 0.5) is 0 Å². The summed E-state index contributed by atoms with van der Waals surface area (Å²) in [5.74, 6) is -0.780. The average Bonchev–Trinajstić information content (AvgIpc) is 2.02. The molecule has 1 aliphatic heterocycles. The Kier molecular flexibility index (Phi) is 3.50. The summed E-state index contributed by atoms with van der Waals surface area (Å²) in [4.78, 5) is 12.9. The van der Waals surface area contributed by atoms with E-state index in [2.05, 4.69) is 0 Å². The van der Waals surface area contributed by atoms with Gasteiger partial charge in [0, 0.05) is 13.1 Å². The summed E-state index contributed by atoms with van der Waals surface area (Å²) in [6.45, 7) is 5.45. The van der Waals surface area contributed by atoms with Crippen LogP contribution in [0.5, 0.6) is 0 Å². The second-order valence-corrected chi connectivity index (χ2v) is 4.72. The molecule has 1 fully saturated rings. The molecule has 0 aromatic heterocycles. The van der Waals surface area contributed by atoms with Crippen LogP contribution >= 0.6 is 0 Å². The number of aliphatic carboxylic acids is 1. The fourth-order valence-electron chi connectivity index (χ4n) is 1.80. The highest BCUT2D eigenvalue weighted by Crippen LogP contribution is 2.20. The van der Waals surface area contributed by atoms with Crippen LogP contribution in [-0.4, -0.2) is 46.8 Å². The summed E-state index contributed by atoms with van der Waals surface area (Å²) in [5.41, 5.74) is -0.725. The number of hydrogen-bond donors (Lipinski definition) is 2. The second kappa shape index (κ2) is 4.28. The molecule has 1 aliphatic rings. The third kappa shape index (κ3) is 2.96. The molecule has 0 amide bonds. The lowest BCUT2D eigenvalue weighted by Gasteiger charge is -2.34. The number of nitrogens with zero attached hydrogens (tertiary/aromatic N) is 1. The maximum atomic E-state index is 10.9. The lowest BCUT2D eigenvalue weighted by molar-refractivity contribution is -0.148. The van der Waals surface area contributed by atoms with Crippen molar-refractivity contribution in [2.75, 3.05) is 19.6 Å². The van der Waals surface area contributed by atoms with Crippen LogP contribution in [-0.2, 0) is 4.79 Å². The summed E-state index contributed by atoms with van der Waals surface area (Å²) >= 11 is 0. The molecule has 0 radical (unpaired) electrons. The third-order valence-electron chi connectivity index (χ3n) is 2.68. The van der Waals surface area contributed by atoms with E-state index in [4.69, 9.17) is 5.11 Å². The van der Waals surface area contributed by atoms with Crippen LogP contribution in [0.2, 0.25) is 0 Å². The standard InChI is InChI=1S/C10H19NO3/c1-10(2,9(13)14)7-11-5-3-4-8(12)6-11/h8,12H,3-7H2,1-2H3,(H,13,14)/t8-/m0/s1. The first-order valence-corrected chi connectivity index (χ1v) is 5.05. The molecule has 1 rings (SSSR count). The molecule has 0 aliphatic carbocycles. The van der Waals surface area contributed by atoms with E-state index in [1.165, 1.54) is 0 Å². The van der Waals surface area contributed by atoms with Gasteiger partial charge in [-0.2, -0.15) is 0 Å². The van der Waals surface area contributed by atoms with Crippen LogP contribution in [0, 0.1) is 5.41 Å². The molecule has 0 spiro atoms. The molecule has 0 aromatic carbocycles. The van der Waals surface area contributed by atoms with Crippen molar-refractivity contribution >= 4 is 5.97 Å². The van der Waals surface area contributed by atoms with Crippen molar-refractivity contribution in [3.63, 3.8) is 0 Å². The molecule has 2 N–H and O–H groups in total. The number of piperidine rings is 1. The molecule has 82 valence electrons. The summed E-state index contributed by atoms with van der Waals surface area (Å²) in [6.07, 6.45) is 1.51. The first kappa shape index (κ1) is 11.5. The van der Waals surface area contributed by atoms with E-state index in [1.54, 1.807) is 13.8 Å². The number of β-amino-alcohol motifs (C(OH)–C–C–N with tert-alkyl or cyclic N) is 1. The minimum atomic E-state index is -0.780. The van der Waals surface area contributed by atoms with E-state index in [0.717, 1.165) is 19.4 Å². The Bertz CT molecular complexity index is 215. The highest BCUT2D eigenvalue weighted by Gasteiger charge is 2.31. The number of carboxylic acid groups (broad SMARTS) is 1. The van der Waals surface area contributed by atoms with Gasteiger partial charge in [-0.1, -0.05) is 0 Å². The molecule has 0 bridgehead atoms. The maximum absolute atomic E-state index is 10.9. The predicted octanol–water partition coefficient (Wildman–Crippen LogP) is 0.554. The number of carboxylic acids is 1. The van der Waals surface area contributed by atoms with Crippen molar-refractivity contribution in [2.45, 2.75) is 32.8 Å². The van der Waals surface area contributed by atoms with Crippen LogP contribution in [0.3, 0.4) is 0 Å². The monoisotopic (exact) mass is 201 g/mol. The third-order valence-corrected chi connectivity index (χ3v) is 2.68. The van der Waals surface area contributed by atoms with E-state index >= 15 is 0 Å². The smallest absolute Gasteiger partial charge is 0.310 e. The van der Waals surface area contributed by atoms with E-state index in [-0.39, 0.29) is 6.10 Å². The number of hydrogen-bond acceptors (Lipinski definition) is 3. The number of aliphatic hydroxyl groups excluding tert-OH is 1. The van der Waals surface area contributed by atoms with Crippen molar-refractivity contribution in [3.05, 3.63) is 0 Å². The Balaban J connectivity index is 2.47. The number of likely N-dealkylation sites (tertiary alicyclic amines) is 1. The quantitative estimate of drug-likeness (QED) is 0.700. The Morgan fingerprint density at radius 1 is 1.57 bits per heavy atom. The number of aliphatic hydroxyl groups is 1. The second-order valence-electron chi connectivity index (χ2n) is 4.72. The molecule has 4 nitrogen and oxygen atoms in total. The first-order chi connectivity index (χ1) is 6.42. The fraction of sp³-hybridized carbons (Fsp3) is 0.900. The average molecular weight is 201 g/mol. The zero-order chi connectivity index (χ0) is 10.8. The van der Waals surface area contributed by atoms with Gasteiger partial charge in [0.05, 0.1) is 11.5 Å². The fourth-order valence-corrected chi connectivity index (χ4v) is 1.80. The molecule has 1 atom stereocenters. The highest BCUT2D eigenvalue weighted by molar-refractivity contribution is 5.73. The zero-order valence-electron chi connectivity index (χ0n) is 8.86. The molecule has 0 unspecified atom stereocenters. The molecule has 14 heavy (non-hydrogen) atoms. The topological polar surface area (TPSA) is 60.8 Å². The van der Waals surface area contributed by atoms with Crippen molar-refractivity contribution in [1.82, 2.24) is 4.90 Å². The SMILES string of the molecule is CC(C)(CN1CCC[C@H](O)C1)C(=O)O. The van der Waals surface area contributed by atoms with Crippen molar-refractivity contribution in [3.8, 4) is 0 Å². The summed E-state index contributed by atoms with van der Waals surface area (Å²) in [5, 5.41) is 18.4. The van der Waals surface area contributed by atoms with Crippen molar-refractivity contribution in [1.29, 1.82) is 0 Å². The zero-order valence-corrected chi connectivity index (χ0v) is 8.86. The van der Waals surface area contributed by atoms with Gasteiger partial charge in [-0.25, -0.2) is 0 Å². The molecule has 4 heteroatoms. The maximum Gasteiger partial charge on any atom is 0.310 e. The van der Waals surface area contributed by atoms with Crippen molar-refractivity contribution < 1.29 is 15.0 Å². The van der Waals surface area contributed by atoms with Gasteiger partial charge in [0.2, 0.25) is 0 Å². The molecule has 0 aromatic rings. The van der Waals surface area contributed by atoms with E-state index in [9.17, 15) is 9.90 Å². The minimum Gasteiger partial charge on any atom is -0.481 e. The Morgan fingerprint density at radius 3 is 2.71 bits per heavy atom. The van der Waals surface area contributed by atoms with Crippen molar-refractivity contribution in [2.24, 2.45) is 5.41 Å². The van der Waals surface area contributed by atoms with Crippen LogP contribution in [0.1, 0.15) is 26.7 Å². The minimum absolute atomic E-state index is 0.284. The van der Waals surface area contributed by atoms with Gasteiger partial charge >= 0.3 is 5.97 Å². The summed E-state index contributed by atoms with van der Waals surface area (Å²) in [7, 11) is 0. The van der Waals surface area contributed by atoms with Gasteiger partial charge in [0.15, 0.2) is 0 Å². The lowest BCUT2D eigenvalue weighted by atomic mass is 9.92.